The maximum atomic E-state index is 13.3. The number of benzene rings is 3. The highest BCUT2D eigenvalue weighted by molar-refractivity contribution is 5.78. The van der Waals surface area contributed by atoms with Crippen LogP contribution in [0.3, 0.4) is 0 Å². The van der Waals surface area contributed by atoms with Gasteiger partial charge < -0.3 is 14.4 Å². The molecule has 0 aliphatic carbocycles. The Hall–Kier alpha value is -3.31. The summed E-state index contributed by atoms with van der Waals surface area (Å²) in [5.41, 5.74) is 2.36. The van der Waals surface area contributed by atoms with Crippen molar-refractivity contribution in [1.82, 2.24) is 9.80 Å². The van der Waals surface area contributed by atoms with E-state index >= 15 is 0 Å². The van der Waals surface area contributed by atoms with Crippen LogP contribution < -0.4 is 9.47 Å². The number of para-hydroxylation sites is 2. The van der Waals surface area contributed by atoms with Crippen LogP contribution in [0.5, 0.6) is 11.5 Å². The van der Waals surface area contributed by atoms with E-state index in [1.165, 1.54) is 11.1 Å². The first-order chi connectivity index (χ1) is 15.8. The Morgan fingerprint density at radius 2 is 1.34 bits per heavy atom. The first-order valence-electron chi connectivity index (χ1n) is 11.3. The van der Waals surface area contributed by atoms with Gasteiger partial charge >= 0.3 is 0 Å². The molecule has 0 bridgehead atoms. The lowest BCUT2D eigenvalue weighted by molar-refractivity contribution is -0.135. The molecule has 5 heteroatoms. The Morgan fingerprint density at radius 3 is 1.97 bits per heavy atom. The summed E-state index contributed by atoms with van der Waals surface area (Å²) in [5, 5.41) is 0. The normalized spacial score (nSPS) is 18.5. The minimum Gasteiger partial charge on any atom is -0.484 e. The van der Waals surface area contributed by atoms with E-state index in [-0.39, 0.29) is 18.1 Å². The van der Waals surface area contributed by atoms with Crippen molar-refractivity contribution in [3.63, 3.8) is 0 Å². The molecule has 0 spiro atoms. The van der Waals surface area contributed by atoms with E-state index in [2.05, 4.69) is 29.2 Å². The van der Waals surface area contributed by atoms with Gasteiger partial charge in [0.15, 0.2) is 17.7 Å². The van der Waals surface area contributed by atoms with E-state index in [0.717, 1.165) is 24.6 Å². The molecule has 164 valence electrons. The second-order valence-corrected chi connectivity index (χ2v) is 8.33. The van der Waals surface area contributed by atoms with Crippen LogP contribution in [-0.2, 0) is 4.79 Å². The van der Waals surface area contributed by atoms with Crippen LogP contribution in [-0.4, -0.2) is 54.7 Å². The molecule has 2 aliphatic rings. The number of carbonyl (C=O) groups is 1. The number of hydrogen-bond donors (Lipinski definition) is 0. The van der Waals surface area contributed by atoms with Gasteiger partial charge in [-0.2, -0.15) is 0 Å². The molecule has 32 heavy (non-hydrogen) atoms. The average molecular weight is 429 g/mol. The number of nitrogens with zero attached hydrogens (tertiary/aromatic N) is 2. The molecule has 1 saturated heterocycles. The highest BCUT2D eigenvalue weighted by Gasteiger charge is 2.31. The lowest BCUT2D eigenvalue weighted by Gasteiger charge is -2.40. The molecule has 3 aromatic rings. The number of hydrogen-bond acceptors (Lipinski definition) is 4. The maximum Gasteiger partial charge on any atom is 0.223 e. The second kappa shape index (κ2) is 9.45. The zero-order chi connectivity index (χ0) is 21.8. The van der Waals surface area contributed by atoms with Gasteiger partial charge in [-0.15, -0.1) is 0 Å². The fourth-order valence-electron chi connectivity index (χ4n) is 4.55. The highest BCUT2D eigenvalue weighted by atomic mass is 16.6. The quantitative estimate of drug-likeness (QED) is 0.612. The van der Waals surface area contributed by atoms with Crippen molar-refractivity contribution < 1.29 is 14.3 Å². The van der Waals surface area contributed by atoms with E-state index in [9.17, 15) is 4.79 Å². The van der Waals surface area contributed by atoms with Crippen LogP contribution >= 0.6 is 0 Å². The van der Waals surface area contributed by atoms with E-state index in [4.69, 9.17) is 9.47 Å². The maximum absolute atomic E-state index is 13.3. The Balaban J connectivity index is 1.21. The van der Waals surface area contributed by atoms with Gasteiger partial charge in [-0.1, -0.05) is 72.8 Å². The monoisotopic (exact) mass is 428 g/mol. The average Bonchev–Trinajstić information content (AvgIpc) is 2.88. The van der Waals surface area contributed by atoms with Gasteiger partial charge in [-0.3, -0.25) is 9.69 Å². The van der Waals surface area contributed by atoms with Gasteiger partial charge in [0.1, 0.15) is 6.61 Å². The Kier molecular flexibility index (Phi) is 6.08. The summed E-state index contributed by atoms with van der Waals surface area (Å²) in [6.45, 7) is 3.48. The lowest BCUT2D eigenvalue weighted by atomic mass is 9.88. The minimum atomic E-state index is -0.108. The third kappa shape index (κ3) is 4.48. The summed E-state index contributed by atoms with van der Waals surface area (Å²) in [5.74, 6) is 1.85. The summed E-state index contributed by atoms with van der Waals surface area (Å²) < 4.78 is 12.0. The van der Waals surface area contributed by atoms with Gasteiger partial charge in [0.05, 0.1) is 0 Å². The van der Waals surface area contributed by atoms with Crippen LogP contribution in [0.25, 0.3) is 0 Å². The summed E-state index contributed by atoms with van der Waals surface area (Å²) in [7, 11) is 0. The van der Waals surface area contributed by atoms with E-state index < -0.39 is 0 Å². The largest absolute Gasteiger partial charge is 0.484 e. The number of rotatable bonds is 5. The molecule has 2 aliphatic heterocycles. The molecule has 1 unspecified atom stereocenters. The molecule has 1 atom stereocenters. The third-order valence-corrected chi connectivity index (χ3v) is 6.35. The van der Waals surface area contributed by atoms with Crippen LogP contribution in [0.2, 0.25) is 0 Å². The first kappa shape index (κ1) is 20.6. The summed E-state index contributed by atoms with van der Waals surface area (Å²) in [6.07, 6.45) is 0.369. The van der Waals surface area contributed by atoms with Crippen molar-refractivity contribution in [3.8, 4) is 11.5 Å². The van der Waals surface area contributed by atoms with Gasteiger partial charge in [0.25, 0.3) is 0 Å². The Bertz CT molecular complexity index is 994. The molecule has 0 N–H and O–H groups in total. The minimum absolute atomic E-state index is 0.0644. The van der Waals surface area contributed by atoms with Crippen LogP contribution in [0, 0.1) is 0 Å². The Labute approximate surface area is 189 Å². The zero-order valence-corrected chi connectivity index (χ0v) is 18.1. The van der Waals surface area contributed by atoms with Crippen molar-refractivity contribution in [2.75, 3.05) is 32.8 Å². The lowest BCUT2D eigenvalue weighted by Crippen LogP contribution is -2.55. The molecule has 1 amide bonds. The number of piperazine rings is 1. The first-order valence-corrected chi connectivity index (χ1v) is 11.3. The Morgan fingerprint density at radius 1 is 0.781 bits per heavy atom. The predicted molar refractivity (Wildman–Crippen MR) is 124 cm³/mol. The summed E-state index contributed by atoms with van der Waals surface area (Å²) >= 11 is 0. The number of fused-ring (bicyclic) bond motifs is 1. The predicted octanol–water partition coefficient (Wildman–Crippen LogP) is 4.15. The second-order valence-electron chi connectivity index (χ2n) is 8.33. The van der Waals surface area contributed by atoms with E-state index in [0.29, 0.717) is 26.1 Å². The molecule has 3 aromatic carbocycles. The molecule has 0 aromatic heterocycles. The standard InChI is InChI=1S/C27H28N2O3/c30-26(19-23(21-9-3-1-4-10-21)22-11-5-2-6-12-22)28-15-17-29(18-16-28)27-20-31-24-13-7-8-14-25(24)32-27/h1-14,23,27H,15-20H2. The topological polar surface area (TPSA) is 42.0 Å². The van der Waals surface area contributed by atoms with Gasteiger partial charge in [0.2, 0.25) is 5.91 Å². The van der Waals surface area contributed by atoms with Crippen LogP contribution in [0.15, 0.2) is 84.9 Å². The van der Waals surface area contributed by atoms with Crippen molar-refractivity contribution >= 4 is 5.91 Å². The molecule has 1 fully saturated rings. The molecular formula is C27H28N2O3. The van der Waals surface area contributed by atoms with Crippen LogP contribution in [0.4, 0.5) is 0 Å². The van der Waals surface area contributed by atoms with Crippen molar-refractivity contribution in [3.05, 3.63) is 96.1 Å². The molecule has 0 saturated carbocycles. The fraction of sp³-hybridized carbons (Fsp3) is 0.296. The summed E-state index contributed by atoms with van der Waals surface area (Å²) in [4.78, 5) is 17.5. The molecule has 0 radical (unpaired) electrons. The summed E-state index contributed by atoms with van der Waals surface area (Å²) in [6, 6.07) is 28.4. The van der Waals surface area contributed by atoms with E-state index in [1.807, 2.05) is 65.6 Å². The zero-order valence-electron chi connectivity index (χ0n) is 18.1. The van der Waals surface area contributed by atoms with Crippen molar-refractivity contribution in [1.29, 1.82) is 0 Å². The number of carbonyl (C=O) groups excluding carboxylic acids is 1. The number of ether oxygens (including phenoxy) is 2. The van der Waals surface area contributed by atoms with Crippen LogP contribution in [0.1, 0.15) is 23.5 Å². The third-order valence-electron chi connectivity index (χ3n) is 6.35. The van der Waals surface area contributed by atoms with E-state index in [1.54, 1.807) is 0 Å². The smallest absolute Gasteiger partial charge is 0.223 e. The molecule has 2 heterocycles. The van der Waals surface area contributed by atoms with Gasteiger partial charge in [-0.25, -0.2) is 0 Å². The van der Waals surface area contributed by atoms with Crippen molar-refractivity contribution in [2.24, 2.45) is 0 Å². The fourth-order valence-corrected chi connectivity index (χ4v) is 4.55. The van der Waals surface area contributed by atoms with Gasteiger partial charge in [-0.05, 0) is 23.3 Å². The van der Waals surface area contributed by atoms with Crippen molar-refractivity contribution in [2.45, 2.75) is 18.6 Å². The highest BCUT2D eigenvalue weighted by Crippen LogP contribution is 2.32. The van der Waals surface area contributed by atoms with Gasteiger partial charge in [0, 0.05) is 38.5 Å². The number of amides is 1. The molecule has 5 rings (SSSR count). The molecule has 5 nitrogen and oxygen atoms in total. The SMILES string of the molecule is O=C(CC(c1ccccc1)c1ccccc1)N1CCN(C2COc3ccccc3O2)CC1. The molecular weight excluding hydrogens is 400 g/mol.